The molecule has 2 fully saturated rings. The van der Waals surface area contributed by atoms with Crippen molar-refractivity contribution < 1.29 is 67.5 Å². The first-order valence-corrected chi connectivity index (χ1v) is 16.0. The number of hydrogen-bond donors (Lipinski definition) is 10. The average molecular weight is 648 g/mol. The maximum Gasteiger partial charge on any atom is 0.482 e. The van der Waals surface area contributed by atoms with E-state index in [4.69, 9.17) is 24.8 Å². The molecule has 0 aromatic carbocycles. The zero-order valence-corrected chi connectivity index (χ0v) is 23.7. The molecule has 0 radical (unpaired) electrons. The van der Waals surface area contributed by atoms with E-state index < -0.39 is 89.1 Å². The first-order valence-electron chi connectivity index (χ1n) is 11.8. The molecule has 2 aliphatic rings. The Morgan fingerprint density at radius 1 is 1.15 bits per heavy atom. The van der Waals surface area contributed by atoms with E-state index in [1.54, 1.807) is 7.05 Å². The minimum absolute atomic E-state index is 0.119. The van der Waals surface area contributed by atoms with Gasteiger partial charge in [0, 0.05) is 0 Å². The van der Waals surface area contributed by atoms with Crippen LogP contribution in [0.1, 0.15) is 6.23 Å². The van der Waals surface area contributed by atoms with Crippen molar-refractivity contribution in [2.75, 3.05) is 26.0 Å². The van der Waals surface area contributed by atoms with E-state index >= 15 is 0 Å². The van der Waals surface area contributed by atoms with Crippen LogP contribution in [0.4, 0.5) is 5.82 Å². The van der Waals surface area contributed by atoms with Gasteiger partial charge in [-0.3, -0.25) is 13.6 Å². The first-order chi connectivity index (χ1) is 19.2. The Balaban J connectivity index is 1.40. The summed E-state index contributed by atoms with van der Waals surface area (Å²) in [5, 5.41) is 62.5. The quantitative estimate of drug-likeness (QED) is 0.0838. The van der Waals surface area contributed by atoms with Crippen LogP contribution in [0, 0.1) is 0 Å². The second-order valence-electron chi connectivity index (χ2n) is 9.06. The van der Waals surface area contributed by atoms with Gasteiger partial charge in [-0.05, 0) is 7.05 Å². The van der Waals surface area contributed by atoms with Crippen molar-refractivity contribution in [2.24, 2.45) is 0 Å². The van der Waals surface area contributed by atoms with Gasteiger partial charge in [-0.2, -0.15) is 4.31 Å². The Morgan fingerprint density at radius 2 is 1.85 bits per heavy atom. The Kier molecular flexibility index (Phi) is 10.1. The summed E-state index contributed by atoms with van der Waals surface area (Å²) in [6.07, 6.45) is -12.6. The molecule has 232 valence electrons. The molecule has 4 rings (SSSR count). The molecule has 0 bridgehead atoms. The topological polar surface area (TPSA) is 304 Å². The van der Waals surface area contributed by atoms with Crippen molar-refractivity contribution in [3.8, 4) is 0 Å². The molecule has 0 spiro atoms. The van der Waals surface area contributed by atoms with Gasteiger partial charge >= 0.3 is 14.6 Å². The van der Waals surface area contributed by atoms with E-state index in [9.17, 15) is 39.6 Å². The second-order valence-corrected chi connectivity index (χ2v) is 13.5. The molecule has 2 aromatic rings. The molecule has 12 atom stereocenters. The second kappa shape index (κ2) is 12.7. The van der Waals surface area contributed by atoms with E-state index in [2.05, 4.69) is 41.4 Å². The number of fused-ring (bicyclic) bond motifs is 1. The van der Waals surface area contributed by atoms with Crippen LogP contribution < -0.4 is 11.1 Å². The van der Waals surface area contributed by atoms with Crippen LogP contribution in [0.5, 0.6) is 0 Å². The number of nitrogens with two attached hydrogens (primary N) is 1. The number of anilines is 1. The predicted octanol–water partition coefficient (Wildman–Crippen LogP) is -3.40. The van der Waals surface area contributed by atoms with Crippen LogP contribution in [-0.4, -0.2) is 130 Å². The number of phosphoric ester groups is 1. The van der Waals surface area contributed by atoms with Gasteiger partial charge in [0.05, 0.1) is 25.6 Å². The van der Waals surface area contributed by atoms with Crippen LogP contribution in [0.2, 0.25) is 0 Å². The molecular weight excluding hydrogens is 618 g/mol. The van der Waals surface area contributed by atoms with E-state index in [0.29, 0.717) is 11.2 Å². The lowest BCUT2D eigenvalue weighted by molar-refractivity contribution is -0.292. The zero-order chi connectivity index (χ0) is 30.3. The molecule has 4 heterocycles. The number of imidazole rings is 1. The van der Waals surface area contributed by atoms with E-state index in [0.717, 1.165) is 0 Å². The Morgan fingerprint density at radius 3 is 2.51 bits per heavy atom. The summed E-state index contributed by atoms with van der Waals surface area (Å²) in [5.41, 5.74) is 6.41. The number of aromatic nitrogens is 4. The van der Waals surface area contributed by atoms with Crippen LogP contribution in [0.15, 0.2) is 12.7 Å². The number of hydrogen-bond acceptors (Lipinski definition) is 18. The smallest absolute Gasteiger partial charge is 0.394 e. The largest absolute Gasteiger partial charge is 0.482 e. The Bertz CT molecular complexity index is 1310. The highest BCUT2D eigenvalue weighted by Crippen LogP contribution is 2.66. The number of ether oxygens (including phenoxy) is 2. The molecular formula is C18H30N6O14P2S. The van der Waals surface area contributed by atoms with E-state index in [-0.39, 0.29) is 5.82 Å². The van der Waals surface area contributed by atoms with E-state index in [1.165, 1.54) is 17.2 Å². The number of rotatable bonds is 11. The van der Waals surface area contributed by atoms with Crippen LogP contribution in [0.3, 0.4) is 0 Å². The summed E-state index contributed by atoms with van der Waals surface area (Å²) in [4.78, 5) is 22.2. The maximum atomic E-state index is 12.8. The third-order valence-corrected chi connectivity index (χ3v) is 9.99. The van der Waals surface area contributed by atoms with Gasteiger partial charge in [0.1, 0.15) is 54.6 Å². The number of aliphatic hydroxyl groups is 6. The van der Waals surface area contributed by atoms with Gasteiger partial charge in [0.2, 0.25) is 0 Å². The number of nitrogens with zero attached hydrogens (tertiary/aromatic N) is 4. The Labute approximate surface area is 236 Å². The number of nitrogen functional groups attached to an aromatic ring is 1. The van der Waals surface area contributed by atoms with Gasteiger partial charge in [-0.25, -0.2) is 24.1 Å². The van der Waals surface area contributed by atoms with Gasteiger partial charge in [0.15, 0.2) is 24.0 Å². The van der Waals surface area contributed by atoms with Crippen molar-refractivity contribution in [3.63, 3.8) is 0 Å². The highest BCUT2D eigenvalue weighted by atomic mass is 32.7. The third kappa shape index (κ3) is 6.91. The molecule has 10 N–H and O–H groups in total. The van der Waals surface area contributed by atoms with Crippen LogP contribution in [0.25, 0.3) is 11.2 Å². The molecule has 23 heteroatoms. The Hall–Kier alpha value is -1.36. The summed E-state index contributed by atoms with van der Waals surface area (Å²) in [7, 11) is -3.90. The summed E-state index contributed by atoms with van der Waals surface area (Å²) in [5.74, 6) is 0.119. The molecule has 0 amide bonds. The lowest BCUT2D eigenvalue weighted by atomic mass is 9.96. The van der Waals surface area contributed by atoms with Gasteiger partial charge in [-0.1, -0.05) is 12.2 Å². The predicted molar refractivity (Wildman–Crippen MR) is 137 cm³/mol. The standard InChI is InChI=1S/C18H30N6O14P2S/c1-20-8-10(27)7(35-17(8)24-5-23-9-15(19)21-4-22-16(9)24)3-34-40(33,41)38-39(31,32)37-18-13(30)11(28)12(29)14(36-18)6(26)2-25/h4-8,10-14,17-18,20,25-30H,2-3H2,1H3,(H,31,32)(H,33,41)(H2,19,21,22)/t6-,7+,8+,10+,11?,12?,13?,14?,17+,18?,40?/m0/s1. The molecule has 20 nitrogen and oxygen atoms in total. The molecule has 2 saturated heterocycles. The number of nitrogens with one attached hydrogen (secondary N) is 1. The van der Waals surface area contributed by atoms with Gasteiger partial charge < -0.3 is 56.1 Å². The number of thiol groups is 1. The fourth-order valence-corrected chi connectivity index (χ4v) is 7.53. The number of aliphatic hydroxyl groups excluding tert-OH is 6. The van der Waals surface area contributed by atoms with Crippen LogP contribution in [-0.2, 0) is 32.0 Å². The monoisotopic (exact) mass is 648 g/mol. The molecule has 2 aliphatic heterocycles. The fourth-order valence-electron chi connectivity index (χ4n) is 4.34. The maximum absolute atomic E-state index is 12.8. The van der Waals surface area contributed by atoms with Crippen molar-refractivity contribution in [3.05, 3.63) is 12.7 Å². The highest BCUT2D eigenvalue weighted by molar-refractivity contribution is 8.45. The first kappa shape index (κ1) is 32.6. The molecule has 0 aliphatic carbocycles. The highest BCUT2D eigenvalue weighted by Gasteiger charge is 2.50. The van der Waals surface area contributed by atoms with Gasteiger partial charge in [-0.15, -0.1) is 0 Å². The SMILES string of the molecule is CN[C@@H]1[C@H](O)[C@@H](COP(=O)(S)OP(=O)(O)OC2OC([C@@H](O)CO)C(O)C(O)C2O)O[C@H]1n1cnc2c(N)ncnc21. The fraction of sp³-hybridized carbons (Fsp3) is 0.722. The number of likely N-dealkylation sites (N-methyl/N-ethyl adjacent to an activating group) is 1. The van der Waals surface area contributed by atoms with Gasteiger partial charge in [0.25, 0.3) is 0 Å². The van der Waals surface area contributed by atoms with Crippen molar-refractivity contribution in [1.82, 2.24) is 24.8 Å². The zero-order valence-electron chi connectivity index (χ0n) is 21.0. The molecule has 41 heavy (non-hydrogen) atoms. The third-order valence-electron chi connectivity index (χ3n) is 6.38. The molecule has 2 aromatic heterocycles. The van der Waals surface area contributed by atoms with Crippen LogP contribution >= 0.6 is 26.9 Å². The summed E-state index contributed by atoms with van der Waals surface area (Å²) < 4.78 is 51.9. The number of phosphoric acid groups is 1. The molecule has 7 unspecified atom stereocenters. The lowest BCUT2D eigenvalue weighted by Gasteiger charge is -2.41. The van der Waals surface area contributed by atoms with Crippen molar-refractivity contribution in [1.29, 1.82) is 0 Å². The summed E-state index contributed by atoms with van der Waals surface area (Å²) in [6.45, 7) is -6.36. The minimum atomic E-state index is -5.45. The lowest BCUT2D eigenvalue weighted by Crippen LogP contribution is -2.61. The molecule has 0 saturated carbocycles. The van der Waals surface area contributed by atoms with Crippen molar-refractivity contribution >= 4 is 43.9 Å². The minimum Gasteiger partial charge on any atom is -0.394 e. The average Bonchev–Trinajstić information content (AvgIpc) is 3.47. The summed E-state index contributed by atoms with van der Waals surface area (Å²) >= 11 is 3.64. The summed E-state index contributed by atoms with van der Waals surface area (Å²) in [6, 6.07) is -0.765. The normalized spacial score (nSPS) is 36.2. The van der Waals surface area contributed by atoms with Crippen molar-refractivity contribution in [2.45, 2.75) is 61.3 Å². The van der Waals surface area contributed by atoms with E-state index in [1.807, 2.05) is 0 Å².